The van der Waals surface area contributed by atoms with Gasteiger partial charge in [-0.25, -0.2) is 0 Å². The summed E-state index contributed by atoms with van der Waals surface area (Å²) in [6.45, 7) is 2.09. The Bertz CT molecular complexity index is 368. The van der Waals surface area contributed by atoms with Crippen molar-refractivity contribution in [3.8, 4) is 0 Å². The number of hydrogen-bond donors (Lipinski definition) is 0. The summed E-state index contributed by atoms with van der Waals surface area (Å²) in [5.74, 6) is -0.360. The maximum absolute atomic E-state index is 11.4. The van der Waals surface area contributed by atoms with E-state index in [1.165, 1.54) is 0 Å². The molecule has 15 heavy (non-hydrogen) atoms. The molecule has 0 bridgehead atoms. The van der Waals surface area contributed by atoms with Crippen LogP contribution in [0, 0.1) is 0 Å². The molecule has 0 N–H and O–H groups in total. The van der Waals surface area contributed by atoms with Crippen LogP contribution < -0.4 is 0 Å². The first-order chi connectivity index (χ1) is 7.06. The molecule has 1 unspecified atom stereocenters. The van der Waals surface area contributed by atoms with Crippen LogP contribution in [0.2, 0.25) is 10.0 Å². The van der Waals surface area contributed by atoms with Crippen LogP contribution in [0.25, 0.3) is 0 Å². The van der Waals surface area contributed by atoms with Crippen LogP contribution in [0.15, 0.2) is 18.2 Å². The molecule has 0 radical (unpaired) electrons. The summed E-state index contributed by atoms with van der Waals surface area (Å²) in [4.78, 5) is 10.9. The van der Waals surface area contributed by atoms with E-state index in [0.29, 0.717) is 22.2 Å². The zero-order valence-corrected chi connectivity index (χ0v) is 11.1. The second kappa shape index (κ2) is 5.73. The van der Waals surface area contributed by atoms with Gasteiger partial charge in [0.1, 0.15) is 4.83 Å². The lowest BCUT2D eigenvalue weighted by atomic mass is 10.1. The van der Waals surface area contributed by atoms with Gasteiger partial charge in [0.05, 0.1) is 6.61 Å². The van der Waals surface area contributed by atoms with Crippen molar-refractivity contribution in [2.24, 2.45) is 0 Å². The van der Waals surface area contributed by atoms with Gasteiger partial charge in [-0.3, -0.25) is 4.79 Å². The SMILES string of the molecule is CCOC(=O)C(Br)c1ccc(Cl)cc1Cl. The molecule has 0 aliphatic rings. The normalized spacial score (nSPS) is 12.3. The van der Waals surface area contributed by atoms with E-state index in [1.807, 2.05) is 0 Å². The Balaban J connectivity index is 2.91. The maximum atomic E-state index is 11.4. The number of rotatable bonds is 3. The zero-order chi connectivity index (χ0) is 11.4. The molecule has 0 heterocycles. The molecule has 0 spiro atoms. The first-order valence-electron chi connectivity index (χ1n) is 4.32. The van der Waals surface area contributed by atoms with E-state index in [-0.39, 0.29) is 5.97 Å². The number of ether oxygens (including phenoxy) is 1. The highest BCUT2D eigenvalue weighted by atomic mass is 79.9. The minimum atomic E-state index is -0.554. The lowest BCUT2D eigenvalue weighted by Gasteiger charge is -2.10. The van der Waals surface area contributed by atoms with Gasteiger partial charge >= 0.3 is 5.97 Å². The topological polar surface area (TPSA) is 26.3 Å². The average molecular weight is 312 g/mol. The van der Waals surface area contributed by atoms with E-state index < -0.39 is 4.83 Å². The monoisotopic (exact) mass is 310 g/mol. The number of benzene rings is 1. The van der Waals surface area contributed by atoms with Crippen LogP contribution in [-0.4, -0.2) is 12.6 Å². The Hall–Kier alpha value is -0.250. The van der Waals surface area contributed by atoms with E-state index in [0.717, 1.165) is 0 Å². The standard InChI is InChI=1S/C10H9BrCl2O2/c1-2-15-10(14)9(11)7-4-3-6(12)5-8(7)13/h3-5,9H,2H2,1H3. The summed E-state index contributed by atoms with van der Waals surface area (Å²) >= 11 is 14.9. The molecule has 1 aromatic carbocycles. The Morgan fingerprint density at radius 1 is 1.53 bits per heavy atom. The van der Waals surface area contributed by atoms with Crippen molar-refractivity contribution in [1.29, 1.82) is 0 Å². The van der Waals surface area contributed by atoms with Gasteiger partial charge in [-0.1, -0.05) is 45.2 Å². The van der Waals surface area contributed by atoms with E-state index >= 15 is 0 Å². The van der Waals surface area contributed by atoms with E-state index in [4.69, 9.17) is 27.9 Å². The van der Waals surface area contributed by atoms with E-state index in [1.54, 1.807) is 25.1 Å². The maximum Gasteiger partial charge on any atom is 0.324 e. The fourth-order valence-electron chi connectivity index (χ4n) is 1.05. The molecule has 0 saturated heterocycles. The predicted molar refractivity (Wildman–Crippen MR) is 64.8 cm³/mol. The minimum Gasteiger partial charge on any atom is -0.465 e. The van der Waals surface area contributed by atoms with Crippen molar-refractivity contribution in [1.82, 2.24) is 0 Å². The average Bonchev–Trinajstić information content (AvgIpc) is 2.17. The predicted octanol–water partition coefficient (Wildman–Crippen LogP) is 3.99. The number of esters is 1. The lowest BCUT2D eigenvalue weighted by Crippen LogP contribution is -2.11. The van der Waals surface area contributed by atoms with Crippen molar-refractivity contribution in [3.05, 3.63) is 33.8 Å². The highest BCUT2D eigenvalue weighted by Crippen LogP contribution is 2.32. The molecule has 0 saturated carbocycles. The smallest absolute Gasteiger partial charge is 0.324 e. The Labute approximate surface area is 107 Å². The minimum absolute atomic E-state index is 0.339. The van der Waals surface area contributed by atoms with Crippen molar-refractivity contribution >= 4 is 45.1 Å². The second-order valence-electron chi connectivity index (χ2n) is 2.78. The van der Waals surface area contributed by atoms with Crippen LogP contribution in [0.4, 0.5) is 0 Å². The summed E-state index contributed by atoms with van der Waals surface area (Å²) in [5.41, 5.74) is 0.652. The molecule has 5 heteroatoms. The van der Waals surface area contributed by atoms with Gasteiger partial charge < -0.3 is 4.74 Å². The molecule has 1 aromatic rings. The number of halogens is 3. The van der Waals surface area contributed by atoms with Gasteiger partial charge in [0, 0.05) is 10.0 Å². The molecule has 0 amide bonds. The van der Waals surface area contributed by atoms with Crippen molar-refractivity contribution in [3.63, 3.8) is 0 Å². The highest BCUT2D eigenvalue weighted by molar-refractivity contribution is 9.09. The Morgan fingerprint density at radius 3 is 2.73 bits per heavy atom. The van der Waals surface area contributed by atoms with Crippen molar-refractivity contribution < 1.29 is 9.53 Å². The van der Waals surface area contributed by atoms with Crippen molar-refractivity contribution in [2.75, 3.05) is 6.61 Å². The van der Waals surface area contributed by atoms with Gasteiger partial charge in [-0.05, 0) is 24.6 Å². The zero-order valence-electron chi connectivity index (χ0n) is 7.97. The summed E-state index contributed by atoms with van der Waals surface area (Å²) in [6.07, 6.45) is 0. The van der Waals surface area contributed by atoms with Gasteiger partial charge in [-0.2, -0.15) is 0 Å². The Kier molecular flexibility index (Phi) is 4.90. The second-order valence-corrected chi connectivity index (χ2v) is 4.54. The summed E-state index contributed by atoms with van der Waals surface area (Å²) in [5, 5.41) is 0.977. The molecule has 82 valence electrons. The van der Waals surface area contributed by atoms with Crippen LogP contribution in [0.1, 0.15) is 17.3 Å². The van der Waals surface area contributed by atoms with Crippen LogP contribution in [-0.2, 0) is 9.53 Å². The first-order valence-corrected chi connectivity index (χ1v) is 5.99. The molecular formula is C10H9BrCl2O2. The van der Waals surface area contributed by atoms with Crippen LogP contribution in [0.3, 0.4) is 0 Å². The number of carbonyl (C=O) groups is 1. The van der Waals surface area contributed by atoms with Gasteiger partial charge in [0.15, 0.2) is 0 Å². The van der Waals surface area contributed by atoms with E-state index in [2.05, 4.69) is 15.9 Å². The van der Waals surface area contributed by atoms with E-state index in [9.17, 15) is 4.79 Å². The lowest BCUT2D eigenvalue weighted by molar-refractivity contribution is -0.142. The largest absolute Gasteiger partial charge is 0.465 e. The number of carbonyl (C=O) groups excluding carboxylic acids is 1. The fraction of sp³-hybridized carbons (Fsp3) is 0.300. The first kappa shape index (κ1) is 12.8. The summed E-state index contributed by atoms with van der Waals surface area (Å²) in [6, 6.07) is 4.96. The highest BCUT2D eigenvalue weighted by Gasteiger charge is 2.20. The molecule has 0 aliphatic carbocycles. The summed E-state index contributed by atoms with van der Waals surface area (Å²) in [7, 11) is 0. The quantitative estimate of drug-likeness (QED) is 0.623. The number of alkyl halides is 1. The molecule has 0 aliphatic heterocycles. The summed E-state index contributed by atoms with van der Waals surface area (Å²) < 4.78 is 4.87. The van der Waals surface area contributed by atoms with Crippen molar-refractivity contribution in [2.45, 2.75) is 11.8 Å². The Morgan fingerprint density at radius 2 is 2.20 bits per heavy atom. The molecule has 0 aromatic heterocycles. The third-order valence-corrected chi connectivity index (χ3v) is 3.16. The molecule has 1 rings (SSSR count). The third-order valence-electron chi connectivity index (χ3n) is 1.73. The third kappa shape index (κ3) is 3.37. The van der Waals surface area contributed by atoms with Gasteiger partial charge in [-0.15, -0.1) is 0 Å². The molecule has 1 atom stereocenters. The van der Waals surface area contributed by atoms with Gasteiger partial charge in [0.2, 0.25) is 0 Å². The van der Waals surface area contributed by atoms with Crippen LogP contribution >= 0.6 is 39.1 Å². The molecular weight excluding hydrogens is 303 g/mol. The van der Waals surface area contributed by atoms with Crippen LogP contribution in [0.5, 0.6) is 0 Å². The molecule has 2 nitrogen and oxygen atoms in total. The van der Waals surface area contributed by atoms with Gasteiger partial charge in [0.25, 0.3) is 0 Å². The molecule has 0 fully saturated rings. The fourth-order valence-corrected chi connectivity index (χ4v) is 2.23. The number of hydrogen-bond acceptors (Lipinski definition) is 2.